The van der Waals surface area contributed by atoms with Gasteiger partial charge in [-0.25, -0.2) is 23.6 Å². The lowest BCUT2D eigenvalue weighted by Crippen LogP contribution is -2.49. The predicted octanol–water partition coefficient (Wildman–Crippen LogP) is 4.31. The lowest BCUT2D eigenvalue weighted by molar-refractivity contribution is 0.200. The van der Waals surface area contributed by atoms with Gasteiger partial charge in [-0.3, -0.25) is 5.32 Å². The Labute approximate surface area is 203 Å². The van der Waals surface area contributed by atoms with E-state index in [1.54, 1.807) is 11.0 Å². The van der Waals surface area contributed by atoms with Gasteiger partial charge in [-0.15, -0.1) is 5.16 Å². The largest absolute Gasteiger partial charge is 0.465 e. The maximum absolute atomic E-state index is 15.0. The molecule has 2 heterocycles. The van der Waals surface area contributed by atoms with Crippen LogP contribution in [0.2, 0.25) is 18.1 Å². The van der Waals surface area contributed by atoms with Crippen molar-refractivity contribution >= 4 is 31.9 Å². The summed E-state index contributed by atoms with van der Waals surface area (Å²) in [6, 6.07) is 5.82. The van der Waals surface area contributed by atoms with Gasteiger partial charge in [0.2, 0.25) is 0 Å². The molecule has 1 aliphatic heterocycles. The highest BCUT2D eigenvalue weighted by Gasteiger charge is 2.40. The molecule has 9 nitrogen and oxygen atoms in total. The van der Waals surface area contributed by atoms with Gasteiger partial charge in [-0.1, -0.05) is 39.0 Å². The van der Waals surface area contributed by atoms with Gasteiger partial charge < -0.3 is 20.3 Å². The Balaban J connectivity index is 1.71. The number of pyridine rings is 1. The van der Waals surface area contributed by atoms with E-state index in [-0.39, 0.29) is 40.1 Å². The fourth-order valence-electron chi connectivity index (χ4n) is 2.97. The Kier molecular flexibility index (Phi) is 7.43. The third-order valence-electron chi connectivity index (χ3n) is 6.12. The average Bonchev–Trinajstić information content (AvgIpc) is 2.71. The number of amides is 1. The number of carbonyl (C=O) groups is 1. The Morgan fingerprint density at radius 3 is 2.60 bits per heavy atom. The van der Waals surface area contributed by atoms with E-state index in [0.29, 0.717) is 13.1 Å². The van der Waals surface area contributed by atoms with Crippen molar-refractivity contribution in [2.24, 2.45) is 15.9 Å². The Morgan fingerprint density at radius 1 is 1.31 bits per heavy atom. The number of anilines is 1. The molecule has 1 amide bonds. The maximum atomic E-state index is 15.0. The molecular weight excluding hydrogens is 474 g/mol. The van der Waals surface area contributed by atoms with Crippen LogP contribution in [0.3, 0.4) is 0 Å². The molecular formula is C23H30F2N6O3Si. The number of hydrogen-bond donors (Lipinski definition) is 3. The summed E-state index contributed by atoms with van der Waals surface area (Å²) in [5.41, 5.74) is 6.83. The number of hydrogen-bond acceptors (Lipinski definition) is 6. The first-order chi connectivity index (χ1) is 16.3. The molecule has 1 fully saturated rings. The Morgan fingerprint density at radius 2 is 2.00 bits per heavy atom. The smallest absolute Gasteiger partial charge is 0.411 e. The third-order valence-corrected chi connectivity index (χ3v) is 10.3. The highest BCUT2D eigenvalue weighted by atomic mass is 28.4. The van der Waals surface area contributed by atoms with Gasteiger partial charge in [-0.05, 0) is 24.2 Å². The second kappa shape index (κ2) is 9.98. The minimum atomic E-state index is -2.01. The molecule has 1 saturated heterocycles. The zero-order valence-electron chi connectivity index (χ0n) is 20.4. The monoisotopic (exact) mass is 504 g/mol. The van der Waals surface area contributed by atoms with Crippen LogP contribution in [0.25, 0.3) is 11.1 Å². The van der Waals surface area contributed by atoms with Crippen LogP contribution in [-0.2, 0) is 11.1 Å². The molecule has 0 unspecified atom stereocenters. The molecule has 0 bridgehead atoms. The summed E-state index contributed by atoms with van der Waals surface area (Å²) in [6.45, 7) is 11.2. The second-order valence-electron chi connectivity index (χ2n) is 9.80. The number of nitrogens with zero attached hydrogens (tertiary/aromatic N) is 4. The number of benzene rings is 1. The number of aromatic nitrogens is 1. The van der Waals surface area contributed by atoms with Crippen molar-refractivity contribution in [3.63, 3.8) is 0 Å². The van der Waals surface area contributed by atoms with Crippen molar-refractivity contribution < 1.29 is 23.2 Å². The van der Waals surface area contributed by atoms with Crippen LogP contribution in [0.4, 0.5) is 19.4 Å². The van der Waals surface area contributed by atoms with E-state index < -0.39 is 26.0 Å². The first-order valence-corrected chi connectivity index (χ1v) is 13.9. The van der Waals surface area contributed by atoms with Crippen LogP contribution in [0.1, 0.15) is 26.3 Å². The van der Waals surface area contributed by atoms with Crippen molar-refractivity contribution in [2.75, 3.05) is 18.0 Å². The molecule has 4 N–H and O–H groups in total. The minimum Gasteiger partial charge on any atom is -0.465 e. The van der Waals surface area contributed by atoms with Crippen LogP contribution in [-0.4, -0.2) is 49.3 Å². The van der Waals surface area contributed by atoms with Gasteiger partial charge in [0.25, 0.3) is 8.32 Å². The predicted molar refractivity (Wildman–Crippen MR) is 134 cm³/mol. The number of guanidine groups is 1. The van der Waals surface area contributed by atoms with Crippen molar-refractivity contribution in [1.82, 2.24) is 10.3 Å². The van der Waals surface area contributed by atoms with Gasteiger partial charge in [-0.2, -0.15) is 0 Å². The van der Waals surface area contributed by atoms with Gasteiger partial charge in [0.1, 0.15) is 5.82 Å². The zero-order chi connectivity index (χ0) is 26.0. The molecule has 2 aromatic rings. The average molecular weight is 505 g/mol. The summed E-state index contributed by atoms with van der Waals surface area (Å²) in [6.07, 6.45) is 0.0386. The molecule has 1 aliphatic rings. The van der Waals surface area contributed by atoms with E-state index in [1.807, 2.05) is 5.32 Å². The first-order valence-electron chi connectivity index (χ1n) is 11.0. The molecule has 0 atom stereocenters. The Bertz CT molecular complexity index is 1170. The molecule has 188 valence electrons. The molecule has 1 aromatic heterocycles. The quantitative estimate of drug-likeness (QED) is 0.233. The molecule has 35 heavy (non-hydrogen) atoms. The number of halogens is 2. The van der Waals surface area contributed by atoms with E-state index in [1.165, 1.54) is 24.4 Å². The van der Waals surface area contributed by atoms with E-state index in [2.05, 4.69) is 49.0 Å². The molecule has 1 aromatic carbocycles. The highest BCUT2D eigenvalue weighted by molar-refractivity contribution is 6.74. The molecule has 3 rings (SSSR count). The normalized spacial score (nSPS) is 14.4. The maximum Gasteiger partial charge on any atom is 0.411 e. The summed E-state index contributed by atoms with van der Waals surface area (Å²) in [5.74, 6) is -1.39. The van der Waals surface area contributed by atoms with E-state index >= 15 is 4.39 Å². The van der Waals surface area contributed by atoms with Crippen LogP contribution < -0.4 is 16.0 Å². The molecule has 0 saturated carbocycles. The number of aliphatic imine (C=N–C) groups is 1. The number of nitrogens with two attached hydrogens (primary N) is 1. The van der Waals surface area contributed by atoms with Gasteiger partial charge in [0, 0.05) is 22.9 Å². The molecule has 0 spiro atoms. The molecule has 12 heteroatoms. The van der Waals surface area contributed by atoms with Crippen molar-refractivity contribution in [2.45, 2.75) is 45.4 Å². The summed E-state index contributed by atoms with van der Waals surface area (Å²) in [5, 5.41) is 14.8. The van der Waals surface area contributed by atoms with Crippen molar-refractivity contribution in [3.8, 4) is 11.1 Å². The topological polar surface area (TPSA) is 125 Å². The summed E-state index contributed by atoms with van der Waals surface area (Å²) < 4.78 is 35.8. The van der Waals surface area contributed by atoms with Crippen LogP contribution in [0.15, 0.2) is 40.6 Å². The molecule has 0 aliphatic carbocycles. The fourth-order valence-corrected chi connectivity index (χ4v) is 3.60. The fraction of sp³-hybridized carbons (Fsp3) is 0.391. The second-order valence-corrected chi connectivity index (χ2v) is 14.5. The van der Waals surface area contributed by atoms with E-state index in [9.17, 15) is 9.18 Å². The van der Waals surface area contributed by atoms with Gasteiger partial charge >= 0.3 is 6.09 Å². The van der Waals surface area contributed by atoms with Gasteiger partial charge in [0.05, 0.1) is 25.3 Å². The van der Waals surface area contributed by atoms with E-state index in [4.69, 9.17) is 15.4 Å². The minimum absolute atomic E-state index is 0.0326. The first kappa shape index (κ1) is 26.1. The number of nitrogens with one attached hydrogen (secondary N) is 1. The number of rotatable bonds is 6. The highest BCUT2D eigenvalue weighted by Crippen LogP contribution is 2.37. The van der Waals surface area contributed by atoms with Gasteiger partial charge in [0.15, 0.2) is 17.6 Å². The lowest BCUT2D eigenvalue weighted by Gasteiger charge is -2.36. The number of oxime groups is 1. The van der Waals surface area contributed by atoms with Crippen LogP contribution >= 0.6 is 0 Å². The zero-order valence-corrected chi connectivity index (χ0v) is 21.4. The standard InChI is InChI=1S/C23H30F2N6O3Si/c1-23(2,3)35(4,5)34-30-16-12-31(13-16)20-18(24)9-15(11-27-20)17-8-6-7-14(19(17)25)10-28-21(26)29-22(32)33/h6-9,11H,10,12-13H2,1-5H3,(H,32,33)(H3,26,28,29). The Hall–Kier alpha value is -3.54. The third kappa shape index (κ3) is 6.12. The molecule has 0 radical (unpaired) electrons. The SMILES string of the molecule is CC(C)(C)[Si](C)(C)ON=C1CN(c2ncc(-c3cccc(CN=C(N)NC(=O)O)c3F)cc2F)C1. The van der Waals surface area contributed by atoms with Crippen molar-refractivity contribution in [3.05, 3.63) is 47.7 Å². The summed E-state index contributed by atoms with van der Waals surface area (Å²) >= 11 is 0. The van der Waals surface area contributed by atoms with Crippen LogP contribution in [0, 0.1) is 11.6 Å². The van der Waals surface area contributed by atoms with Crippen molar-refractivity contribution in [1.29, 1.82) is 0 Å². The summed E-state index contributed by atoms with van der Waals surface area (Å²) in [7, 11) is -2.01. The van der Waals surface area contributed by atoms with E-state index in [0.717, 1.165) is 5.71 Å². The van der Waals surface area contributed by atoms with Crippen LogP contribution in [0.5, 0.6) is 0 Å². The summed E-state index contributed by atoms with van der Waals surface area (Å²) in [4.78, 5) is 20.3. The lowest BCUT2D eigenvalue weighted by atomic mass is 10.0. The number of carboxylic acid groups (broad SMARTS) is 1.